The predicted molar refractivity (Wildman–Crippen MR) is 62.7 cm³/mol. The fourth-order valence-electron chi connectivity index (χ4n) is 1.77. The zero-order chi connectivity index (χ0) is 10.1. The highest BCUT2D eigenvalue weighted by Crippen LogP contribution is 2.25. The van der Waals surface area contributed by atoms with Gasteiger partial charge < -0.3 is 5.01 Å². The quantitative estimate of drug-likeness (QED) is 0.702. The van der Waals surface area contributed by atoms with E-state index >= 15 is 0 Å². The Balaban J connectivity index is 2.43. The molecule has 0 saturated carbocycles. The molecule has 1 aromatic rings. The Morgan fingerprint density at radius 2 is 2.07 bits per heavy atom. The Morgan fingerprint density at radius 3 is 2.79 bits per heavy atom. The van der Waals surface area contributed by atoms with E-state index in [0.717, 1.165) is 17.3 Å². The largest absolute Gasteiger partial charge is 0.303 e. The van der Waals surface area contributed by atoms with Gasteiger partial charge >= 0.3 is 0 Å². The molecule has 1 aliphatic carbocycles. The van der Waals surface area contributed by atoms with Crippen molar-refractivity contribution in [3.63, 3.8) is 0 Å². The minimum Gasteiger partial charge on any atom is -0.303 e. The molecule has 0 aromatic heterocycles. The van der Waals surface area contributed by atoms with Gasteiger partial charge in [-0.25, -0.2) is 0 Å². The van der Waals surface area contributed by atoms with Crippen molar-refractivity contribution in [2.45, 2.75) is 12.8 Å². The highest BCUT2D eigenvalue weighted by Gasteiger charge is 2.17. The first-order chi connectivity index (χ1) is 6.66. The zero-order valence-electron chi connectivity index (χ0n) is 8.42. The van der Waals surface area contributed by atoms with Crippen LogP contribution in [0.3, 0.4) is 0 Å². The third kappa shape index (κ3) is 1.82. The van der Waals surface area contributed by atoms with Crippen molar-refractivity contribution in [2.75, 3.05) is 14.1 Å². The minimum absolute atomic E-state index is 1.06. The summed E-state index contributed by atoms with van der Waals surface area (Å²) in [6, 6.07) is 6.43. The van der Waals surface area contributed by atoms with Crippen LogP contribution in [0.4, 0.5) is 0 Å². The Labute approximate surface area is 92.7 Å². The van der Waals surface area contributed by atoms with E-state index in [2.05, 4.69) is 39.2 Å². The second-order valence-corrected chi connectivity index (χ2v) is 4.61. The van der Waals surface area contributed by atoms with E-state index in [1.165, 1.54) is 16.8 Å². The van der Waals surface area contributed by atoms with Gasteiger partial charge in [0.15, 0.2) is 0 Å². The van der Waals surface area contributed by atoms with Gasteiger partial charge in [-0.2, -0.15) is 5.10 Å². The first-order valence-electron chi connectivity index (χ1n) is 4.70. The third-order valence-corrected chi connectivity index (χ3v) is 2.83. The molecule has 74 valence electrons. The van der Waals surface area contributed by atoms with Gasteiger partial charge in [0.25, 0.3) is 0 Å². The number of rotatable bonds is 1. The molecule has 2 rings (SSSR count). The second-order valence-electron chi connectivity index (χ2n) is 3.70. The lowest BCUT2D eigenvalue weighted by molar-refractivity contribution is 0.437. The summed E-state index contributed by atoms with van der Waals surface area (Å²) in [5, 5.41) is 6.35. The van der Waals surface area contributed by atoms with Gasteiger partial charge in [0, 0.05) is 24.1 Å². The molecule has 0 radical (unpaired) electrons. The fraction of sp³-hybridized carbons (Fsp3) is 0.364. The van der Waals surface area contributed by atoms with E-state index in [-0.39, 0.29) is 0 Å². The van der Waals surface area contributed by atoms with Crippen LogP contribution in [0, 0.1) is 0 Å². The maximum Gasteiger partial charge on any atom is 0.0683 e. The third-order valence-electron chi connectivity index (χ3n) is 2.33. The first kappa shape index (κ1) is 9.71. The van der Waals surface area contributed by atoms with Gasteiger partial charge in [0.2, 0.25) is 0 Å². The molecule has 0 fully saturated rings. The van der Waals surface area contributed by atoms with Gasteiger partial charge in [-0.1, -0.05) is 22.0 Å². The second kappa shape index (κ2) is 3.73. The number of benzene rings is 1. The van der Waals surface area contributed by atoms with Crippen molar-refractivity contribution in [2.24, 2.45) is 5.10 Å². The van der Waals surface area contributed by atoms with E-state index in [0.29, 0.717) is 0 Å². The van der Waals surface area contributed by atoms with Gasteiger partial charge in [-0.05, 0) is 30.5 Å². The molecule has 0 unspecified atom stereocenters. The lowest BCUT2D eigenvalue weighted by Crippen LogP contribution is -2.07. The molecule has 0 aliphatic heterocycles. The highest BCUT2D eigenvalue weighted by molar-refractivity contribution is 9.10. The van der Waals surface area contributed by atoms with Gasteiger partial charge in [-0.15, -0.1) is 0 Å². The van der Waals surface area contributed by atoms with Crippen molar-refractivity contribution >= 4 is 21.6 Å². The van der Waals surface area contributed by atoms with Crippen molar-refractivity contribution in [1.82, 2.24) is 5.01 Å². The average Bonchev–Trinajstić information content (AvgIpc) is 2.47. The SMILES string of the molecule is CN(C)/N=C1/CCc2ccc(Br)cc21. The molecule has 0 heterocycles. The van der Waals surface area contributed by atoms with Crippen LogP contribution < -0.4 is 0 Å². The van der Waals surface area contributed by atoms with E-state index in [1.54, 1.807) is 0 Å². The van der Waals surface area contributed by atoms with Crippen LogP contribution >= 0.6 is 15.9 Å². The molecule has 0 atom stereocenters. The number of halogens is 1. The van der Waals surface area contributed by atoms with Crippen molar-refractivity contribution in [1.29, 1.82) is 0 Å². The molecular weight excluding hydrogens is 240 g/mol. The molecule has 0 spiro atoms. The van der Waals surface area contributed by atoms with Crippen LogP contribution in [-0.2, 0) is 6.42 Å². The van der Waals surface area contributed by atoms with Crippen LogP contribution in [0.5, 0.6) is 0 Å². The highest BCUT2D eigenvalue weighted by atomic mass is 79.9. The van der Waals surface area contributed by atoms with Crippen molar-refractivity contribution in [3.8, 4) is 0 Å². The lowest BCUT2D eigenvalue weighted by Gasteiger charge is -2.07. The molecule has 1 aromatic carbocycles. The van der Waals surface area contributed by atoms with Crippen LogP contribution in [0.2, 0.25) is 0 Å². The number of hydrogen-bond acceptors (Lipinski definition) is 2. The fourth-order valence-corrected chi connectivity index (χ4v) is 2.13. The Bertz CT molecular complexity index is 383. The Kier molecular flexibility index (Phi) is 2.59. The molecule has 0 amide bonds. The van der Waals surface area contributed by atoms with Crippen LogP contribution in [0.25, 0.3) is 0 Å². The maximum atomic E-state index is 4.49. The smallest absolute Gasteiger partial charge is 0.0683 e. The molecular formula is C11H13BrN2. The Morgan fingerprint density at radius 1 is 1.29 bits per heavy atom. The molecule has 14 heavy (non-hydrogen) atoms. The lowest BCUT2D eigenvalue weighted by atomic mass is 10.1. The molecule has 0 saturated heterocycles. The summed E-state index contributed by atoms with van der Waals surface area (Å²) >= 11 is 3.49. The molecule has 3 heteroatoms. The summed E-state index contributed by atoms with van der Waals surface area (Å²) in [6.45, 7) is 0. The standard InChI is InChI=1S/C11H13BrN2/c1-14(2)13-11-6-4-8-3-5-9(12)7-10(8)11/h3,5,7H,4,6H2,1-2H3/b13-11-. The number of nitrogens with zero attached hydrogens (tertiary/aromatic N) is 2. The monoisotopic (exact) mass is 252 g/mol. The summed E-state index contributed by atoms with van der Waals surface area (Å²) in [6.07, 6.45) is 2.18. The topological polar surface area (TPSA) is 15.6 Å². The number of aryl methyl sites for hydroxylation is 1. The Hall–Kier alpha value is -0.830. The van der Waals surface area contributed by atoms with Crippen molar-refractivity contribution < 1.29 is 0 Å². The summed E-state index contributed by atoms with van der Waals surface area (Å²) < 4.78 is 1.13. The van der Waals surface area contributed by atoms with Gasteiger partial charge in [-0.3, -0.25) is 0 Å². The summed E-state index contributed by atoms with van der Waals surface area (Å²) in [5.41, 5.74) is 3.91. The molecule has 2 nitrogen and oxygen atoms in total. The summed E-state index contributed by atoms with van der Waals surface area (Å²) in [4.78, 5) is 0. The first-order valence-corrected chi connectivity index (χ1v) is 5.50. The average molecular weight is 253 g/mol. The van der Waals surface area contributed by atoms with E-state index in [9.17, 15) is 0 Å². The predicted octanol–water partition coefficient (Wildman–Crippen LogP) is 2.66. The van der Waals surface area contributed by atoms with Gasteiger partial charge in [0.1, 0.15) is 0 Å². The summed E-state index contributed by atoms with van der Waals surface area (Å²) in [7, 11) is 3.92. The zero-order valence-corrected chi connectivity index (χ0v) is 10.0. The summed E-state index contributed by atoms with van der Waals surface area (Å²) in [5.74, 6) is 0. The normalized spacial score (nSPS) is 17.2. The molecule has 1 aliphatic rings. The van der Waals surface area contributed by atoms with E-state index in [1.807, 2.05) is 19.1 Å². The molecule has 0 bridgehead atoms. The molecule has 0 N–H and O–H groups in total. The van der Waals surface area contributed by atoms with Crippen LogP contribution in [-0.4, -0.2) is 24.8 Å². The van der Waals surface area contributed by atoms with E-state index < -0.39 is 0 Å². The van der Waals surface area contributed by atoms with Crippen LogP contribution in [0.1, 0.15) is 17.5 Å². The van der Waals surface area contributed by atoms with Crippen LogP contribution in [0.15, 0.2) is 27.8 Å². The number of fused-ring (bicyclic) bond motifs is 1. The van der Waals surface area contributed by atoms with Gasteiger partial charge in [0.05, 0.1) is 5.71 Å². The van der Waals surface area contributed by atoms with Crippen molar-refractivity contribution in [3.05, 3.63) is 33.8 Å². The number of hydrazone groups is 1. The number of hydrogen-bond donors (Lipinski definition) is 0. The maximum absolute atomic E-state index is 4.49. The minimum atomic E-state index is 1.06. The van der Waals surface area contributed by atoms with E-state index in [4.69, 9.17) is 0 Å².